The largest absolute Gasteiger partial charge is 0.496 e. The van der Waals surface area contributed by atoms with E-state index in [2.05, 4.69) is 10.6 Å². The van der Waals surface area contributed by atoms with Gasteiger partial charge in [0.2, 0.25) is 0 Å². The van der Waals surface area contributed by atoms with Crippen LogP contribution in [0.5, 0.6) is 17.2 Å². The summed E-state index contributed by atoms with van der Waals surface area (Å²) in [6.07, 6.45) is 1.62. The number of para-hydroxylation sites is 2. The Hall–Kier alpha value is -4.26. The minimum absolute atomic E-state index is 0.135. The monoisotopic (exact) mass is 430 g/mol. The Balaban J connectivity index is 1.50. The Morgan fingerprint density at radius 3 is 2.50 bits per heavy atom. The number of carbonyl (C=O) groups excluding carboxylic acids is 2. The van der Waals surface area contributed by atoms with Crippen LogP contribution in [-0.2, 0) is 11.3 Å². The highest BCUT2D eigenvalue weighted by atomic mass is 16.5. The number of amides is 2. The van der Waals surface area contributed by atoms with Crippen LogP contribution in [0, 0.1) is 0 Å². The van der Waals surface area contributed by atoms with E-state index < -0.39 is 5.91 Å². The lowest BCUT2D eigenvalue weighted by molar-refractivity contribution is -0.115. The first-order valence-electron chi connectivity index (χ1n) is 9.97. The van der Waals surface area contributed by atoms with Crippen LogP contribution in [0.2, 0.25) is 0 Å². The van der Waals surface area contributed by atoms with Gasteiger partial charge in [0.15, 0.2) is 11.5 Å². The zero-order valence-electron chi connectivity index (χ0n) is 17.7. The maximum atomic E-state index is 12.6. The maximum Gasteiger partial charge on any atom is 0.291 e. The van der Waals surface area contributed by atoms with Crippen molar-refractivity contribution in [3.05, 3.63) is 89.2 Å². The molecule has 0 spiro atoms. The molecule has 0 saturated heterocycles. The third-order valence-electron chi connectivity index (χ3n) is 4.99. The van der Waals surface area contributed by atoms with E-state index in [4.69, 9.17) is 14.2 Å². The summed E-state index contributed by atoms with van der Waals surface area (Å²) in [5.74, 6) is 1.23. The molecule has 1 aliphatic rings. The molecule has 3 aromatic rings. The van der Waals surface area contributed by atoms with Gasteiger partial charge in [-0.3, -0.25) is 9.59 Å². The van der Waals surface area contributed by atoms with E-state index >= 15 is 0 Å². The van der Waals surface area contributed by atoms with Crippen LogP contribution in [0.4, 0.5) is 5.69 Å². The van der Waals surface area contributed by atoms with Crippen LogP contribution < -0.4 is 24.8 Å². The lowest BCUT2D eigenvalue weighted by Gasteiger charge is -2.21. The molecule has 162 valence electrons. The molecule has 7 heteroatoms. The Bertz CT molecular complexity index is 1200. The van der Waals surface area contributed by atoms with E-state index in [1.165, 1.54) is 0 Å². The molecule has 4 rings (SSSR count). The van der Waals surface area contributed by atoms with Crippen molar-refractivity contribution in [2.75, 3.05) is 19.5 Å². The first kappa shape index (κ1) is 21.0. The van der Waals surface area contributed by atoms with Gasteiger partial charge >= 0.3 is 0 Å². The fourth-order valence-corrected chi connectivity index (χ4v) is 3.36. The number of fused-ring (bicyclic) bond motifs is 1. The topological polar surface area (TPSA) is 85.9 Å². The molecule has 0 fully saturated rings. The Morgan fingerprint density at radius 2 is 1.72 bits per heavy atom. The first-order valence-corrected chi connectivity index (χ1v) is 9.97. The molecule has 7 nitrogen and oxygen atoms in total. The zero-order valence-corrected chi connectivity index (χ0v) is 17.7. The summed E-state index contributed by atoms with van der Waals surface area (Å²) in [5.41, 5.74) is 2.41. The fraction of sp³-hybridized carbons (Fsp3) is 0.120. The third kappa shape index (κ3) is 4.41. The van der Waals surface area contributed by atoms with E-state index in [9.17, 15) is 9.59 Å². The molecule has 0 radical (unpaired) electrons. The summed E-state index contributed by atoms with van der Waals surface area (Å²) >= 11 is 0. The van der Waals surface area contributed by atoms with Crippen molar-refractivity contribution in [2.24, 2.45) is 0 Å². The van der Waals surface area contributed by atoms with Gasteiger partial charge in [-0.25, -0.2) is 0 Å². The molecule has 1 aliphatic heterocycles. The zero-order chi connectivity index (χ0) is 22.5. The SMILES string of the molecule is COc1ccccc1/C=C1\Oc2ccc(C(=O)NCc3ccccc3OC)cc2NC1=O. The van der Waals surface area contributed by atoms with Gasteiger partial charge in [0.1, 0.15) is 11.5 Å². The molecular formula is C25H22N2O5. The van der Waals surface area contributed by atoms with E-state index in [0.717, 1.165) is 11.1 Å². The quantitative estimate of drug-likeness (QED) is 0.577. The molecule has 0 atom stereocenters. The highest BCUT2D eigenvalue weighted by Crippen LogP contribution is 2.33. The van der Waals surface area contributed by atoms with E-state index in [1.807, 2.05) is 42.5 Å². The van der Waals surface area contributed by atoms with Gasteiger partial charge in [-0.15, -0.1) is 0 Å². The Morgan fingerprint density at radius 1 is 1.00 bits per heavy atom. The summed E-state index contributed by atoms with van der Waals surface area (Å²) in [4.78, 5) is 25.2. The van der Waals surface area contributed by atoms with Crippen LogP contribution in [0.25, 0.3) is 6.08 Å². The second-order valence-electron chi connectivity index (χ2n) is 7.01. The minimum atomic E-state index is -0.407. The van der Waals surface area contributed by atoms with Gasteiger partial charge < -0.3 is 24.8 Å². The lowest BCUT2D eigenvalue weighted by atomic mass is 10.1. The number of ether oxygens (including phenoxy) is 3. The van der Waals surface area contributed by atoms with Crippen molar-refractivity contribution < 1.29 is 23.8 Å². The smallest absolute Gasteiger partial charge is 0.291 e. The maximum absolute atomic E-state index is 12.6. The average Bonchev–Trinajstić information content (AvgIpc) is 2.83. The molecule has 2 N–H and O–H groups in total. The standard InChI is InChI=1S/C25H22N2O5/c1-30-20-9-5-3-7-16(20)14-23-25(29)27-19-13-17(11-12-22(19)32-23)24(28)26-15-18-8-4-6-10-21(18)31-2/h3-14H,15H2,1-2H3,(H,26,28)(H,27,29)/b23-14-. The predicted octanol–water partition coefficient (Wildman–Crippen LogP) is 4.01. The van der Waals surface area contributed by atoms with Crippen LogP contribution in [0.1, 0.15) is 21.5 Å². The summed E-state index contributed by atoms with van der Waals surface area (Å²) in [6, 6.07) is 19.7. The number of hydrogen-bond acceptors (Lipinski definition) is 5. The van der Waals surface area contributed by atoms with Crippen LogP contribution >= 0.6 is 0 Å². The summed E-state index contributed by atoms with van der Waals surface area (Å²) in [6.45, 7) is 0.314. The van der Waals surface area contributed by atoms with Crippen molar-refractivity contribution >= 4 is 23.6 Å². The molecule has 0 bridgehead atoms. The minimum Gasteiger partial charge on any atom is -0.496 e. The van der Waals surface area contributed by atoms with Gasteiger partial charge in [0.05, 0.1) is 19.9 Å². The highest BCUT2D eigenvalue weighted by Gasteiger charge is 2.23. The summed E-state index contributed by atoms with van der Waals surface area (Å²) in [5, 5.41) is 5.65. The van der Waals surface area contributed by atoms with E-state index in [1.54, 1.807) is 44.6 Å². The number of anilines is 1. The van der Waals surface area contributed by atoms with Crippen molar-refractivity contribution in [1.82, 2.24) is 5.32 Å². The van der Waals surface area contributed by atoms with Crippen LogP contribution in [0.15, 0.2) is 72.5 Å². The van der Waals surface area contributed by atoms with E-state index in [0.29, 0.717) is 35.0 Å². The molecule has 0 aromatic heterocycles. The Kier molecular flexibility index (Phi) is 6.07. The second-order valence-corrected chi connectivity index (χ2v) is 7.01. The third-order valence-corrected chi connectivity index (χ3v) is 4.99. The van der Waals surface area contributed by atoms with Gasteiger partial charge in [-0.1, -0.05) is 36.4 Å². The van der Waals surface area contributed by atoms with Gasteiger partial charge in [-0.05, 0) is 36.4 Å². The van der Waals surface area contributed by atoms with E-state index in [-0.39, 0.29) is 11.7 Å². The molecule has 3 aromatic carbocycles. The second kappa shape index (κ2) is 9.26. The fourth-order valence-electron chi connectivity index (χ4n) is 3.36. The van der Waals surface area contributed by atoms with Crippen LogP contribution in [0.3, 0.4) is 0 Å². The molecule has 1 heterocycles. The van der Waals surface area contributed by atoms with Crippen molar-refractivity contribution in [3.63, 3.8) is 0 Å². The van der Waals surface area contributed by atoms with Crippen molar-refractivity contribution in [1.29, 1.82) is 0 Å². The number of benzene rings is 3. The molecular weight excluding hydrogens is 408 g/mol. The molecule has 32 heavy (non-hydrogen) atoms. The number of methoxy groups -OCH3 is 2. The normalized spacial score (nSPS) is 13.6. The van der Waals surface area contributed by atoms with Crippen molar-refractivity contribution in [2.45, 2.75) is 6.54 Å². The number of rotatable bonds is 6. The van der Waals surface area contributed by atoms with Gasteiger partial charge in [-0.2, -0.15) is 0 Å². The van der Waals surface area contributed by atoms with Gasteiger partial charge in [0.25, 0.3) is 11.8 Å². The average molecular weight is 430 g/mol. The number of carbonyl (C=O) groups is 2. The Labute approximate surface area is 185 Å². The molecule has 0 aliphatic carbocycles. The highest BCUT2D eigenvalue weighted by molar-refractivity contribution is 6.09. The first-order chi connectivity index (χ1) is 15.6. The van der Waals surface area contributed by atoms with Gasteiger partial charge in [0, 0.05) is 23.2 Å². The number of hydrogen-bond donors (Lipinski definition) is 2. The molecule has 2 amide bonds. The van der Waals surface area contributed by atoms with Crippen LogP contribution in [-0.4, -0.2) is 26.0 Å². The lowest BCUT2D eigenvalue weighted by Crippen LogP contribution is -2.26. The van der Waals surface area contributed by atoms with Crippen molar-refractivity contribution in [3.8, 4) is 17.2 Å². The molecule has 0 unspecified atom stereocenters. The molecule has 0 saturated carbocycles. The predicted molar refractivity (Wildman–Crippen MR) is 121 cm³/mol. The summed E-state index contributed by atoms with van der Waals surface area (Å²) < 4.78 is 16.4. The number of nitrogens with one attached hydrogen (secondary N) is 2. The summed E-state index contributed by atoms with van der Waals surface area (Å²) in [7, 11) is 3.15.